The number of rotatable bonds is 9. The first-order valence-electron chi connectivity index (χ1n) is 5.29. The van der Waals surface area contributed by atoms with Gasteiger partial charge in [-0.05, 0) is 0 Å². The van der Waals surface area contributed by atoms with Crippen molar-refractivity contribution in [1.82, 2.24) is 0 Å². The van der Waals surface area contributed by atoms with Crippen LogP contribution in [0.5, 0.6) is 0 Å². The lowest BCUT2D eigenvalue weighted by molar-refractivity contribution is -0.266. The quantitative estimate of drug-likeness (QED) is 0.396. The zero-order chi connectivity index (χ0) is 11.1. The van der Waals surface area contributed by atoms with Crippen LogP contribution in [0, 0.1) is 0 Å². The average Bonchev–Trinajstić information content (AvgIpc) is 3.11. The van der Waals surface area contributed by atoms with E-state index in [0.29, 0.717) is 26.4 Å². The molecule has 0 bridgehead atoms. The second-order valence-corrected chi connectivity index (χ2v) is 3.77. The highest BCUT2D eigenvalue weighted by molar-refractivity contribution is 5.04. The minimum absolute atomic E-state index is 0.00653. The third kappa shape index (κ3) is 1.95. The Morgan fingerprint density at radius 3 is 2.56 bits per heavy atom. The zero-order valence-electron chi connectivity index (χ0n) is 8.72. The molecule has 0 aromatic heterocycles. The number of hydrogen-bond donors (Lipinski definition) is 1. The second kappa shape index (κ2) is 3.88. The molecule has 0 aromatic rings. The van der Waals surface area contributed by atoms with Gasteiger partial charge in [-0.25, -0.2) is 0 Å². The van der Waals surface area contributed by atoms with Gasteiger partial charge in [0.15, 0.2) is 0 Å². The fraction of sp³-hybridized carbons (Fsp3) is 1.00. The maximum absolute atomic E-state index is 8.47. The van der Waals surface area contributed by atoms with Gasteiger partial charge in [0.25, 0.3) is 0 Å². The molecule has 3 aliphatic rings. The first-order valence-corrected chi connectivity index (χ1v) is 5.29. The van der Waals surface area contributed by atoms with Crippen LogP contribution >= 0.6 is 0 Å². The molecule has 7 heteroatoms. The van der Waals surface area contributed by atoms with E-state index in [1.165, 1.54) is 0 Å². The van der Waals surface area contributed by atoms with Crippen LogP contribution in [-0.4, -0.2) is 62.8 Å². The summed E-state index contributed by atoms with van der Waals surface area (Å²) in [5, 5.41) is 8.47. The molecule has 0 radical (unpaired) electrons. The van der Waals surface area contributed by atoms with Gasteiger partial charge < -0.3 is 24.1 Å². The first-order chi connectivity index (χ1) is 7.80. The van der Waals surface area contributed by atoms with E-state index in [9.17, 15) is 0 Å². The minimum Gasteiger partial charge on any atom is -0.394 e. The Labute approximate surface area is 92.1 Å². The normalized spacial score (nSPS) is 42.9. The van der Waals surface area contributed by atoms with Gasteiger partial charge in [-0.1, -0.05) is 0 Å². The molecular weight excluding hydrogens is 220 g/mol. The molecule has 3 fully saturated rings. The Kier molecular flexibility index (Phi) is 2.63. The van der Waals surface area contributed by atoms with E-state index in [2.05, 4.69) is 0 Å². The molecular formula is C9H14O7. The Bertz CT molecular complexity index is 259. The first kappa shape index (κ1) is 10.8. The van der Waals surface area contributed by atoms with Crippen molar-refractivity contribution in [3.63, 3.8) is 0 Å². The highest BCUT2D eigenvalue weighted by Gasteiger charge is 2.97. The van der Waals surface area contributed by atoms with Crippen LogP contribution in [0.1, 0.15) is 0 Å². The summed E-state index contributed by atoms with van der Waals surface area (Å²) in [5.41, 5.74) is 0. The summed E-state index contributed by atoms with van der Waals surface area (Å²) in [4.78, 5) is 0. The molecule has 0 amide bonds. The third-order valence-electron chi connectivity index (χ3n) is 2.45. The molecule has 3 saturated heterocycles. The van der Waals surface area contributed by atoms with Crippen molar-refractivity contribution in [2.45, 2.75) is 18.1 Å². The Morgan fingerprint density at radius 2 is 1.88 bits per heavy atom. The minimum atomic E-state index is -0.996. The number of ether oxygens (including phenoxy) is 6. The van der Waals surface area contributed by atoms with Crippen molar-refractivity contribution in [2.24, 2.45) is 0 Å². The van der Waals surface area contributed by atoms with Gasteiger partial charge >= 0.3 is 11.9 Å². The van der Waals surface area contributed by atoms with E-state index in [-0.39, 0.29) is 12.7 Å². The molecule has 1 atom stereocenters. The molecule has 16 heavy (non-hydrogen) atoms. The Balaban J connectivity index is 1.27. The van der Waals surface area contributed by atoms with Crippen LogP contribution < -0.4 is 0 Å². The largest absolute Gasteiger partial charge is 0.394 e. The predicted octanol–water partition coefficient (Wildman–Crippen LogP) is -1.20. The molecule has 0 saturated carbocycles. The second-order valence-electron chi connectivity index (χ2n) is 3.77. The lowest BCUT2D eigenvalue weighted by atomic mass is 10.5. The third-order valence-corrected chi connectivity index (χ3v) is 2.45. The smallest absolute Gasteiger partial charge is 0.379 e. The topological polar surface area (TPSA) is 85.5 Å². The van der Waals surface area contributed by atoms with Crippen molar-refractivity contribution < 1.29 is 33.5 Å². The summed E-state index contributed by atoms with van der Waals surface area (Å²) >= 11 is 0. The van der Waals surface area contributed by atoms with Crippen LogP contribution in [-0.2, 0) is 28.4 Å². The fourth-order valence-corrected chi connectivity index (χ4v) is 1.37. The van der Waals surface area contributed by atoms with Crippen LogP contribution in [0.25, 0.3) is 0 Å². The summed E-state index contributed by atoms with van der Waals surface area (Å²) in [5.74, 6) is -1.97. The van der Waals surface area contributed by atoms with Crippen molar-refractivity contribution in [3.8, 4) is 0 Å². The van der Waals surface area contributed by atoms with Crippen molar-refractivity contribution in [1.29, 1.82) is 0 Å². The van der Waals surface area contributed by atoms with Gasteiger partial charge in [0, 0.05) is 0 Å². The Hall–Kier alpha value is -0.280. The molecule has 3 heterocycles. The van der Waals surface area contributed by atoms with Crippen molar-refractivity contribution in [2.75, 3.05) is 39.6 Å². The summed E-state index contributed by atoms with van der Waals surface area (Å²) in [6, 6.07) is 0. The van der Waals surface area contributed by atoms with Gasteiger partial charge in [-0.15, -0.1) is 0 Å². The van der Waals surface area contributed by atoms with Gasteiger partial charge in [0.2, 0.25) is 0 Å². The van der Waals surface area contributed by atoms with E-state index in [1.807, 2.05) is 0 Å². The molecule has 1 N–H and O–H groups in total. The highest BCUT2D eigenvalue weighted by Crippen LogP contribution is 2.68. The van der Waals surface area contributed by atoms with E-state index < -0.39 is 11.9 Å². The summed E-state index contributed by atoms with van der Waals surface area (Å²) in [7, 11) is 0. The maximum Gasteiger partial charge on any atom is 0.379 e. The van der Waals surface area contributed by atoms with Crippen molar-refractivity contribution in [3.05, 3.63) is 0 Å². The number of aliphatic hydroxyl groups excluding tert-OH is 1. The molecule has 3 rings (SSSR count). The standard InChI is InChI=1S/C9H14O7/c10-1-2-11-3-4-13-8-9(15-8,16-8)14-6-7-5-12-7/h7,10H,1-6H2. The monoisotopic (exact) mass is 234 g/mol. The van der Waals surface area contributed by atoms with Crippen molar-refractivity contribution >= 4 is 0 Å². The lowest BCUT2D eigenvalue weighted by Crippen LogP contribution is -2.12. The summed E-state index contributed by atoms with van der Waals surface area (Å²) < 4.78 is 30.9. The summed E-state index contributed by atoms with van der Waals surface area (Å²) in [6.45, 7) is 2.23. The van der Waals surface area contributed by atoms with E-state index >= 15 is 0 Å². The van der Waals surface area contributed by atoms with Gasteiger partial charge in [0.05, 0.1) is 39.6 Å². The number of hydrogen-bond acceptors (Lipinski definition) is 7. The van der Waals surface area contributed by atoms with E-state index in [1.54, 1.807) is 0 Å². The van der Waals surface area contributed by atoms with E-state index in [4.69, 9.17) is 33.5 Å². The number of fused-ring (bicyclic) bond motifs is 1. The molecule has 1 unspecified atom stereocenters. The molecule has 0 aromatic carbocycles. The predicted molar refractivity (Wildman–Crippen MR) is 47.2 cm³/mol. The highest BCUT2D eigenvalue weighted by atomic mass is 17.2. The molecule has 7 nitrogen and oxygen atoms in total. The maximum atomic E-state index is 8.47. The molecule has 92 valence electrons. The number of epoxide rings is 3. The summed E-state index contributed by atoms with van der Waals surface area (Å²) in [6.07, 6.45) is 0.174. The van der Waals surface area contributed by atoms with Crippen LogP contribution in [0.15, 0.2) is 0 Å². The molecule has 3 aliphatic heterocycles. The van der Waals surface area contributed by atoms with Gasteiger partial charge in [-0.2, -0.15) is 0 Å². The lowest BCUT2D eigenvalue weighted by Gasteiger charge is -2.02. The number of aliphatic hydroxyl groups is 1. The van der Waals surface area contributed by atoms with Crippen LogP contribution in [0.2, 0.25) is 0 Å². The average molecular weight is 234 g/mol. The SMILES string of the molecule is OCCOCCOC12OC1(OCC1CO1)O2. The van der Waals surface area contributed by atoms with Crippen LogP contribution in [0.4, 0.5) is 0 Å². The van der Waals surface area contributed by atoms with E-state index in [0.717, 1.165) is 6.61 Å². The van der Waals surface area contributed by atoms with Gasteiger partial charge in [-0.3, -0.25) is 9.47 Å². The Morgan fingerprint density at radius 1 is 1.12 bits per heavy atom. The fourth-order valence-electron chi connectivity index (χ4n) is 1.37. The molecule has 0 aliphatic carbocycles. The van der Waals surface area contributed by atoms with Gasteiger partial charge in [0.1, 0.15) is 6.10 Å². The molecule has 0 spiro atoms. The van der Waals surface area contributed by atoms with Crippen LogP contribution in [0.3, 0.4) is 0 Å². The zero-order valence-corrected chi connectivity index (χ0v) is 8.72.